The molecule has 0 spiro atoms. The third-order valence-corrected chi connectivity index (χ3v) is 18.0. The molecule has 5 aromatic rings. The van der Waals surface area contributed by atoms with Crippen LogP contribution in [0.4, 0.5) is 0 Å². The molecule has 1 aliphatic heterocycles. The number of halogens is 2. The van der Waals surface area contributed by atoms with Crippen molar-refractivity contribution >= 4 is 67.1 Å². The highest BCUT2D eigenvalue weighted by Gasteiger charge is 2.38. The Morgan fingerprint density at radius 2 is 1.09 bits per heavy atom. The largest absolute Gasteiger partial charge is 0.381 e. The lowest BCUT2D eigenvalue weighted by atomic mass is 10.1. The lowest BCUT2D eigenvalue weighted by Crippen LogP contribution is -2.67. The minimum atomic E-state index is -3.93. The normalized spacial score (nSPS) is 13.9. The van der Waals surface area contributed by atoms with Crippen LogP contribution >= 0.6 is 23.2 Å². The van der Waals surface area contributed by atoms with E-state index in [2.05, 4.69) is 97.9 Å². The summed E-state index contributed by atoms with van der Waals surface area (Å²) in [5, 5.41) is 4.05. The van der Waals surface area contributed by atoms with Gasteiger partial charge in [-0.2, -0.15) is 16.8 Å². The van der Waals surface area contributed by atoms with Gasteiger partial charge in [-0.3, -0.25) is 8.37 Å². The number of benzene rings is 5. The molecule has 0 bridgehead atoms. The molecule has 0 aromatic heterocycles. The van der Waals surface area contributed by atoms with E-state index in [1.807, 2.05) is 36.4 Å². The molecule has 298 valence electrons. The van der Waals surface area contributed by atoms with E-state index in [-0.39, 0.29) is 28.5 Å². The second-order valence-corrected chi connectivity index (χ2v) is 21.6. The van der Waals surface area contributed by atoms with Crippen molar-refractivity contribution in [2.45, 2.75) is 67.9 Å². The predicted octanol–water partition coefficient (Wildman–Crippen LogP) is 7.62. The summed E-state index contributed by atoms with van der Waals surface area (Å²) in [7, 11) is -9.81. The molecule has 6 rings (SSSR count). The van der Waals surface area contributed by atoms with Crippen molar-refractivity contribution in [3.63, 3.8) is 0 Å². The summed E-state index contributed by atoms with van der Waals surface area (Å²) in [6.07, 6.45) is 3.22. The average Bonchev–Trinajstić information content (AvgIpc) is 3.23. The molecule has 12 heteroatoms. The van der Waals surface area contributed by atoms with Gasteiger partial charge < -0.3 is 4.74 Å². The topological polar surface area (TPSA) is 96.0 Å². The monoisotopic (exact) mass is 852 g/mol. The number of aryl methyl sites for hydroxylation is 2. The van der Waals surface area contributed by atoms with Crippen LogP contribution in [0, 0.1) is 0 Å². The highest BCUT2D eigenvalue weighted by Crippen LogP contribution is 2.21. The molecule has 1 heterocycles. The Morgan fingerprint density at radius 1 is 0.643 bits per heavy atom. The molecule has 0 atom stereocenters. The first-order valence-electron chi connectivity index (χ1n) is 19.0. The zero-order chi connectivity index (χ0) is 39.9. The second kappa shape index (κ2) is 21.4. The molecular formula is C44H50Cl2O7S2Si. The van der Waals surface area contributed by atoms with Crippen molar-refractivity contribution in [2.24, 2.45) is 0 Å². The fourth-order valence-electron chi connectivity index (χ4n) is 6.89. The van der Waals surface area contributed by atoms with Crippen LogP contribution in [0.5, 0.6) is 0 Å². The minimum Gasteiger partial charge on any atom is -0.381 e. The number of ether oxygens (including phenoxy) is 1. The first-order chi connectivity index (χ1) is 27.1. The Bertz CT molecular complexity index is 2020. The van der Waals surface area contributed by atoms with E-state index in [1.165, 1.54) is 21.1 Å². The van der Waals surface area contributed by atoms with Gasteiger partial charge in [-0.1, -0.05) is 141 Å². The quantitative estimate of drug-likeness (QED) is 0.0412. The first kappa shape index (κ1) is 43.8. The lowest BCUT2D eigenvalue weighted by Gasteiger charge is -2.34. The van der Waals surface area contributed by atoms with Gasteiger partial charge in [0, 0.05) is 13.2 Å². The van der Waals surface area contributed by atoms with Gasteiger partial charge >= 0.3 is 0 Å². The smallest absolute Gasteiger partial charge is 0.297 e. The van der Waals surface area contributed by atoms with Gasteiger partial charge in [-0.25, -0.2) is 0 Å². The highest BCUT2D eigenvalue weighted by molar-refractivity contribution is 7.86. The van der Waals surface area contributed by atoms with Gasteiger partial charge in [0.2, 0.25) is 0 Å². The average molecular weight is 854 g/mol. The molecule has 0 N–H and O–H groups in total. The Balaban J connectivity index is 0.000000253. The van der Waals surface area contributed by atoms with E-state index >= 15 is 0 Å². The van der Waals surface area contributed by atoms with Gasteiger partial charge in [0.25, 0.3) is 20.2 Å². The van der Waals surface area contributed by atoms with Crippen LogP contribution in [-0.2, 0) is 51.9 Å². The number of rotatable bonds is 17. The predicted molar refractivity (Wildman–Crippen MR) is 230 cm³/mol. The van der Waals surface area contributed by atoms with Crippen LogP contribution in [0.25, 0.3) is 0 Å². The van der Waals surface area contributed by atoms with Gasteiger partial charge in [0.1, 0.15) is 19.9 Å². The first-order valence-corrected chi connectivity index (χ1v) is 25.2. The van der Waals surface area contributed by atoms with Crippen molar-refractivity contribution in [3.8, 4) is 0 Å². The Labute approximate surface area is 344 Å². The summed E-state index contributed by atoms with van der Waals surface area (Å²) in [6, 6.07) is 47.8. The molecule has 1 fully saturated rings. The second-order valence-electron chi connectivity index (χ2n) is 13.8. The van der Waals surface area contributed by atoms with E-state index in [0.29, 0.717) is 26.1 Å². The summed E-state index contributed by atoms with van der Waals surface area (Å²) < 4.78 is 64.9. The Morgan fingerprint density at radius 3 is 1.55 bits per heavy atom. The zero-order valence-electron chi connectivity index (χ0n) is 31.6. The summed E-state index contributed by atoms with van der Waals surface area (Å²) >= 11 is 11.5. The maximum absolute atomic E-state index is 12.6. The van der Waals surface area contributed by atoms with Crippen molar-refractivity contribution in [3.05, 3.63) is 156 Å². The number of hydrogen-bond acceptors (Lipinski definition) is 7. The van der Waals surface area contributed by atoms with Crippen LogP contribution in [0.3, 0.4) is 0 Å². The molecule has 0 amide bonds. The van der Waals surface area contributed by atoms with Crippen molar-refractivity contribution in [1.82, 2.24) is 0 Å². The number of alkyl halides is 2. The fourth-order valence-corrected chi connectivity index (χ4v) is 14.7. The zero-order valence-corrected chi connectivity index (χ0v) is 35.8. The van der Waals surface area contributed by atoms with E-state index in [9.17, 15) is 16.8 Å². The molecule has 1 aliphatic rings. The Hall–Kier alpha value is -3.32. The number of hydrogen-bond donors (Lipinski definition) is 0. The summed E-state index contributed by atoms with van der Waals surface area (Å²) in [4.78, 5) is 0.101. The third-order valence-electron chi connectivity index (χ3n) is 9.76. The van der Waals surface area contributed by atoms with Crippen LogP contribution in [0.1, 0.15) is 42.9 Å². The minimum absolute atomic E-state index is 0.00593. The van der Waals surface area contributed by atoms with Crippen LogP contribution < -0.4 is 15.6 Å². The molecule has 5 aromatic carbocycles. The van der Waals surface area contributed by atoms with E-state index in [1.54, 1.807) is 12.1 Å². The summed E-state index contributed by atoms with van der Waals surface area (Å²) in [5.41, 5.74) is 3.08. The van der Waals surface area contributed by atoms with Crippen LogP contribution in [0.2, 0.25) is 6.04 Å². The molecule has 0 aliphatic carbocycles. The van der Waals surface area contributed by atoms with Crippen molar-refractivity contribution in [1.29, 1.82) is 0 Å². The van der Waals surface area contributed by atoms with Gasteiger partial charge in [0.05, 0.1) is 22.8 Å². The molecule has 0 radical (unpaired) electrons. The van der Waals surface area contributed by atoms with Crippen molar-refractivity contribution < 1.29 is 29.9 Å². The molecule has 0 saturated carbocycles. The molecule has 56 heavy (non-hydrogen) atoms. The standard InChI is InChI=1S/C29H28Cl2O3SSi.C15H22O4S/c30-22-25(23-31)34-35(32,33)26-18-16-24(17-19-26)20-21-36(27-10-4-1-5-11-27,28-12-6-2-7-13-28)29-14-8-3-9-15-29;1-2-3-13-4-6-14(7-5-13)12-20(16,17)19-15-8-10-18-11-9-15/h1-19,25H,20-23H2;4-7,15H,2-3,8-12H2,1H3. The van der Waals surface area contributed by atoms with Crippen LogP contribution in [-0.4, -0.2) is 62.1 Å². The van der Waals surface area contributed by atoms with E-state index in [0.717, 1.165) is 36.4 Å². The Kier molecular flexibility index (Phi) is 16.8. The van der Waals surface area contributed by atoms with Crippen molar-refractivity contribution in [2.75, 3.05) is 25.0 Å². The van der Waals surface area contributed by atoms with Crippen LogP contribution in [0.15, 0.2) is 144 Å². The summed E-state index contributed by atoms with van der Waals surface area (Å²) in [6.45, 7) is 3.28. The van der Waals surface area contributed by atoms with Gasteiger partial charge in [0.15, 0.2) is 0 Å². The van der Waals surface area contributed by atoms with Gasteiger partial charge in [-0.15, -0.1) is 23.2 Å². The maximum atomic E-state index is 12.6. The van der Waals surface area contributed by atoms with E-state index in [4.69, 9.17) is 36.3 Å². The summed E-state index contributed by atoms with van der Waals surface area (Å²) in [5.74, 6) is -0.0469. The van der Waals surface area contributed by atoms with Gasteiger partial charge in [-0.05, 0) is 76.1 Å². The fraction of sp³-hybridized carbons (Fsp3) is 0.318. The van der Waals surface area contributed by atoms with E-state index < -0.39 is 34.4 Å². The maximum Gasteiger partial charge on any atom is 0.297 e. The highest BCUT2D eigenvalue weighted by atomic mass is 35.5. The molecule has 1 saturated heterocycles. The molecule has 7 nitrogen and oxygen atoms in total. The SMILES string of the molecule is CCCc1ccc(CS(=O)(=O)OC2CCOCC2)cc1.O=S(=O)(OC(CCl)CCl)c1ccc(CC[Si](c2ccccc2)(c2ccccc2)c2ccccc2)cc1. The molecular weight excluding hydrogens is 804 g/mol. The lowest BCUT2D eigenvalue weighted by molar-refractivity contribution is 0.0283. The molecule has 0 unspecified atom stereocenters. The third kappa shape index (κ3) is 12.3.